The second-order valence-electron chi connectivity index (χ2n) is 0.448. The van der Waals surface area contributed by atoms with E-state index < -0.39 is 10.4 Å². The first-order chi connectivity index (χ1) is 2.00. The van der Waals surface area contributed by atoms with Crippen LogP contribution in [0.25, 0.3) is 0 Å². The molecule has 0 aromatic carbocycles. The largest absolute Gasteiger partial charge is 2.00 e. The van der Waals surface area contributed by atoms with Crippen LogP contribution in [0.4, 0.5) is 0 Å². The van der Waals surface area contributed by atoms with Crippen molar-refractivity contribution in [3.8, 4) is 0 Å². The van der Waals surface area contributed by atoms with Gasteiger partial charge in [-0.15, -0.1) is 0 Å². The van der Waals surface area contributed by atoms with Crippen molar-refractivity contribution in [2.45, 2.75) is 0 Å². The molecule has 63 valence electrons. The molecular weight excluding hydrogens is 232 g/mol. The molecule has 9 heteroatoms. The van der Waals surface area contributed by atoms with E-state index in [9.17, 15) is 0 Å². The number of rotatable bonds is 0. The van der Waals surface area contributed by atoms with Gasteiger partial charge in [-0.25, -0.2) is 0 Å². The van der Waals surface area contributed by atoms with Gasteiger partial charge in [-0.1, -0.05) is 0 Å². The van der Waals surface area contributed by atoms with Crippen LogP contribution in [0.1, 0.15) is 2.85 Å². The third kappa shape index (κ3) is 223. The summed E-state index contributed by atoms with van der Waals surface area (Å²) in [5, 5.41) is 0. The van der Waals surface area contributed by atoms with E-state index in [1.165, 1.54) is 0 Å². The summed E-state index contributed by atoms with van der Waals surface area (Å²) in [6.07, 6.45) is 0. The van der Waals surface area contributed by atoms with Crippen LogP contribution < -0.4 is 0 Å². The van der Waals surface area contributed by atoms with Crippen molar-refractivity contribution < 1.29 is 48.4 Å². The van der Waals surface area contributed by atoms with Gasteiger partial charge in [-0.3, -0.25) is 9.11 Å². The molecule has 6 nitrogen and oxygen atoms in total. The van der Waals surface area contributed by atoms with Gasteiger partial charge >= 0.3 is 48.1 Å². The molecule has 0 saturated carbocycles. The molecular formula is H8CaCuO6S. The predicted octanol–water partition coefficient (Wildman–Crippen LogP) is -2.46. The zero-order valence-corrected chi connectivity index (χ0v) is 8.09. The zero-order valence-electron chi connectivity index (χ0n) is 6.13. The van der Waals surface area contributed by atoms with Crippen molar-refractivity contribution in [1.29, 1.82) is 0 Å². The Hall–Kier alpha value is 1.57. The van der Waals surface area contributed by atoms with Crippen molar-refractivity contribution in [3.05, 3.63) is 0 Å². The molecule has 0 aliphatic rings. The van der Waals surface area contributed by atoms with Crippen LogP contribution in [0.2, 0.25) is 0 Å². The minimum absolute atomic E-state index is 0. The molecule has 0 bridgehead atoms. The van der Waals surface area contributed by atoms with Crippen LogP contribution in [-0.2, 0) is 27.5 Å². The fourth-order valence-corrected chi connectivity index (χ4v) is 0. The van der Waals surface area contributed by atoms with Gasteiger partial charge in [0.25, 0.3) is 0 Å². The summed E-state index contributed by atoms with van der Waals surface area (Å²) < 4.78 is 31.6. The van der Waals surface area contributed by atoms with Gasteiger partial charge in [0.05, 0.1) is 0 Å². The van der Waals surface area contributed by atoms with Crippen LogP contribution >= 0.6 is 0 Å². The molecule has 0 unspecified atom stereocenters. The summed E-state index contributed by atoms with van der Waals surface area (Å²) in [6, 6.07) is 0. The quantitative estimate of drug-likeness (QED) is 0.358. The van der Waals surface area contributed by atoms with Crippen molar-refractivity contribution in [2.24, 2.45) is 0 Å². The molecule has 0 saturated heterocycles. The summed E-state index contributed by atoms with van der Waals surface area (Å²) in [5.74, 6) is 0. The summed E-state index contributed by atoms with van der Waals surface area (Å²) in [5.41, 5.74) is 0. The summed E-state index contributed by atoms with van der Waals surface area (Å²) >= 11 is 0. The molecule has 0 heterocycles. The van der Waals surface area contributed by atoms with E-state index in [-0.39, 0.29) is 68.6 Å². The van der Waals surface area contributed by atoms with Gasteiger partial charge in [0.2, 0.25) is 0 Å². The maximum atomic E-state index is 8.74. The first-order valence-corrected chi connectivity index (χ1v) is 2.10. The van der Waals surface area contributed by atoms with Gasteiger partial charge in [0.1, 0.15) is 0 Å². The minimum atomic E-state index is -4.67. The first-order valence-electron chi connectivity index (χ1n) is 0.698. The molecule has 0 amide bonds. The van der Waals surface area contributed by atoms with E-state index in [2.05, 4.69) is 0 Å². The van der Waals surface area contributed by atoms with Crippen LogP contribution in [0.15, 0.2) is 0 Å². The van der Waals surface area contributed by atoms with E-state index >= 15 is 0 Å². The Kier molecular flexibility index (Phi) is 42.5. The smallest absolute Gasteiger partial charge is 1.00 e. The monoisotopic (exact) mass is 239 g/mol. The molecule has 6 N–H and O–H groups in total. The van der Waals surface area contributed by atoms with Crippen molar-refractivity contribution in [3.63, 3.8) is 0 Å². The Balaban J connectivity index is -0.00000000533. The molecule has 0 fully saturated rings. The van der Waals surface area contributed by atoms with E-state index in [1.807, 2.05) is 0 Å². The maximum absolute atomic E-state index is 8.74. The van der Waals surface area contributed by atoms with Crippen LogP contribution in [0, 0.1) is 0 Å². The summed E-state index contributed by atoms with van der Waals surface area (Å²) in [7, 11) is -4.67. The Morgan fingerprint density at radius 1 is 1.11 bits per heavy atom. The normalized spacial score (nSPS) is 6.44. The zero-order chi connectivity index (χ0) is 4.50. The number of hydrogen-bond acceptors (Lipinski definition) is 2. The third-order valence-corrected chi connectivity index (χ3v) is 0. The molecule has 0 aromatic heterocycles. The predicted molar refractivity (Wildman–Crippen MR) is 29.4 cm³/mol. The molecule has 0 atom stereocenters. The van der Waals surface area contributed by atoms with Gasteiger partial charge in [-0.05, 0) is 0 Å². The van der Waals surface area contributed by atoms with E-state index in [1.54, 1.807) is 0 Å². The second kappa shape index (κ2) is 12.3. The molecule has 0 spiro atoms. The van der Waals surface area contributed by atoms with Crippen LogP contribution in [-0.4, -0.2) is 66.2 Å². The van der Waals surface area contributed by atoms with Crippen molar-refractivity contribution in [2.75, 3.05) is 0 Å². The Morgan fingerprint density at radius 2 is 1.11 bits per heavy atom. The second-order valence-corrected chi connectivity index (χ2v) is 1.34. The fraction of sp³-hybridized carbons (Fsp3) is 0. The average molecular weight is 240 g/mol. The van der Waals surface area contributed by atoms with Gasteiger partial charge in [-0.2, -0.15) is 8.42 Å². The minimum Gasteiger partial charge on any atom is -1.00 e. The molecule has 1 radical (unpaired) electrons. The average Bonchev–Trinajstić information content (AvgIpc) is 0.722. The van der Waals surface area contributed by atoms with E-state index in [0.717, 1.165) is 0 Å². The summed E-state index contributed by atoms with van der Waals surface area (Å²) in [4.78, 5) is 0. The maximum Gasteiger partial charge on any atom is 2.00 e. The van der Waals surface area contributed by atoms with Crippen molar-refractivity contribution in [1.82, 2.24) is 0 Å². The molecule has 0 aliphatic carbocycles. The third-order valence-electron chi connectivity index (χ3n) is 0. The van der Waals surface area contributed by atoms with Gasteiger partial charge in [0, 0.05) is 17.1 Å². The van der Waals surface area contributed by atoms with E-state index in [0.29, 0.717) is 0 Å². The summed E-state index contributed by atoms with van der Waals surface area (Å²) in [6.45, 7) is 0. The molecule has 0 aliphatic heterocycles. The van der Waals surface area contributed by atoms with E-state index in [4.69, 9.17) is 17.5 Å². The number of hydrogen-bond donors (Lipinski definition) is 2. The molecule has 9 heavy (non-hydrogen) atoms. The Labute approximate surface area is 95.6 Å². The Morgan fingerprint density at radius 3 is 1.11 bits per heavy atom. The molecule has 0 aromatic rings. The Bertz CT molecular complexity index is 104. The van der Waals surface area contributed by atoms with Gasteiger partial charge in [0.15, 0.2) is 0 Å². The van der Waals surface area contributed by atoms with Crippen LogP contribution in [0.5, 0.6) is 0 Å². The SMILES string of the molecule is O.O.O=S(=O)(O)O.[Ca+2].[Cu].[H-].[H-]. The molecule has 0 rings (SSSR count). The first kappa shape index (κ1) is 31.2. The van der Waals surface area contributed by atoms with Crippen LogP contribution in [0.3, 0.4) is 0 Å². The van der Waals surface area contributed by atoms with Crippen molar-refractivity contribution >= 4 is 48.1 Å². The fourth-order valence-electron chi connectivity index (χ4n) is 0. The van der Waals surface area contributed by atoms with Gasteiger partial charge < -0.3 is 13.8 Å². The standard InChI is InChI=1S/Ca.Cu.H2O4S.2H2O.2H/c;;1-5(2,3)4;;;;/h;;(H2,1,2,3,4);2*1H2;;/q+2;;;;;2*-1. The topological polar surface area (TPSA) is 138 Å².